The molecule has 0 spiro atoms. The van der Waals surface area contributed by atoms with Gasteiger partial charge in [0.1, 0.15) is 0 Å². The van der Waals surface area contributed by atoms with Crippen LogP contribution in [0.3, 0.4) is 0 Å². The average molecular weight is 245 g/mol. The molecule has 1 amide bonds. The third-order valence-corrected chi connectivity index (χ3v) is 3.23. The van der Waals surface area contributed by atoms with Crippen LogP contribution >= 0.6 is 0 Å². The minimum Gasteiger partial charge on any atom is -0.338 e. The molecule has 1 aliphatic heterocycles. The standard InChI is InChI=1S/C14H19N3O/c1-15-13-6-4-10-17(11-13)14(18)8-7-12-5-2-3-9-16-12/h2-3,5,7-9,13,15H,4,6,10-11H2,1H3/b8-7+. The van der Waals surface area contributed by atoms with Crippen LogP contribution in [-0.4, -0.2) is 42.0 Å². The van der Waals surface area contributed by atoms with E-state index in [0.717, 1.165) is 31.6 Å². The first-order valence-electron chi connectivity index (χ1n) is 6.35. The highest BCUT2D eigenvalue weighted by molar-refractivity contribution is 5.91. The van der Waals surface area contributed by atoms with Crippen molar-refractivity contribution in [1.29, 1.82) is 0 Å². The maximum atomic E-state index is 12.0. The van der Waals surface area contributed by atoms with Crippen molar-refractivity contribution < 1.29 is 4.79 Å². The highest BCUT2D eigenvalue weighted by atomic mass is 16.2. The molecule has 1 aliphatic rings. The second-order valence-electron chi connectivity index (χ2n) is 4.50. The Hall–Kier alpha value is -1.68. The highest BCUT2D eigenvalue weighted by Crippen LogP contribution is 2.10. The van der Waals surface area contributed by atoms with Gasteiger partial charge in [-0.15, -0.1) is 0 Å². The number of likely N-dealkylation sites (N-methyl/N-ethyl adjacent to an activating group) is 1. The number of rotatable bonds is 3. The first-order chi connectivity index (χ1) is 8.79. The Morgan fingerprint density at radius 2 is 2.44 bits per heavy atom. The van der Waals surface area contributed by atoms with Crippen LogP contribution in [0.15, 0.2) is 30.5 Å². The summed E-state index contributed by atoms with van der Waals surface area (Å²) < 4.78 is 0. The smallest absolute Gasteiger partial charge is 0.246 e. The van der Waals surface area contributed by atoms with Gasteiger partial charge in [0.05, 0.1) is 5.69 Å². The van der Waals surface area contributed by atoms with Gasteiger partial charge in [-0.2, -0.15) is 0 Å². The van der Waals surface area contributed by atoms with E-state index in [1.165, 1.54) is 0 Å². The van der Waals surface area contributed by atoms with E-state index in [4.69, 9.17) is 0 Å². The van der Waals surface area contributed by atoms with E-state index in [9.17, 15) is 4.79 Å². The van der Waals surface area contributed by atoms with Crippen LogP contribution in [0.2, 0.25) is 0 Å². The summed E-state index contributed by atoms with van der Waals surface area (Å²) in [7, 11) is 1.95. The molecule has 1 N–H and O–H groups in total. The summed E-state index contributed by atoms with van der Waals surface area (Å²) >= 11 is 0. The van der Waals surface area contributed by atoms with E-state index >= 15 is 0 Å². The van der Waals surface area contributed by atoms with Gasteiger partial charge in [-0.3, -0.25) is 9.78 Å². The molecular formula is C14H19N3O. The van der Waals surface area contributed by atoms with Crippen LogP contribution in [0.25, 0.3) is 6.08 Å². The number of pyridine rings is 1. The van der Waals surface area contributed by atoms with Crippen LogP contribution in [0.4, 0.5) is 0 Å². The van der Waals surface area contributed by atoms with E-state index in [0.29, 0.717) is 6.04 Å². The number of hydrogen-bond donors (Lipinski definition) is 1. The van der Waals surface area contributed by atoms with E-state index in [1.807, 2.05) is 30.1 Å². The van der Waals surface area contributed by atoms with Gasteiger partial charge in [0.25, 0.3) is 0 Å². The molecule has 1 aromatic heterocycles. The van der Waals surface area contributed by atoms with Gasteiger partial charge in [0.2, 0.25) is 5.91 Å². The van der Waals surface area contributed by atoms with Crippen molar-refractivity contribution in [2.24, 2.45) is 0 Å². The number of piperidine rings is 1. The number of carbonyl (C=O) groups is 1. The summed E-state index contributed by atoms with van der Waals surface area (Å²) in [5, 5.41) is 3.23. The molecule has 2 heterocycles. The molecule has 1 aromatic rings. The quantitative estimate of drug-likeness (QED) is 0.817. The third kappa shape index (κ3) is 3.40. The third-order valence-electron chi connectivity index (χ3n) is 3.23. The normalized spacial score (nSPS) is 20.3. The van der Waals surface area contributed by atoms with Crippen LogP contribution in [0.5, 0.6) is 0 Å². The predicted octanol–water partition coefficient (Wildman–Crippen LogP) is 1.31. The van der Waals surface area contributed by atoms with Gasteiger partial charge in [-0.05, 0) is 38.1 Å². The molecule has 0 bridgehead atoms. The lowest BCUT2D eigenvalue weighted by atomic mass is 10.1. The molecule has 0 saturated carbocycles. The average Bonchev–Trinajstić information content (AvgIpc) is 2.46. The second-order valence-corrected chi connectivity index (χ2v) is 4.50. The van der Waals surface area contributed by atoms with Gasteiger partial charge in [0, 0.05) is 31.4 Å². The lowest BCUT2D eigenvalue weighted by Gasteiger charge is -2.31. The van der Waals surface area contributed by atoms with Crippen molar-refractivity contribution in [2.45, 2.75) is 18.9 Å². The Morgan fingerprint density at radius 3 is 3.17 bits per heavy atom. The summed E-state index contributed by atoms with van der Waals surface area (Å²) in [5.41, 5.74) is 0.813. The molecule has 96 valence electrons. The molecule has 0 radical (unpaired) electrons. The number of hydrogen-bond acceptors (Lipinski definition) is 3. The minimum absolute atomic E-state index is 0.0700. The fourth-order valence-corrected chi connectivity index (χ4v) is 2.15. The van der Waals surface area contributed by atoms with Crippen molar-refractivity contribution in [3.63, 3.8) is 0 Å². The fourth-order valence-electron chi connectivity index (χ4n) is 2.15. The maximum Gasteiger partial charge on any atom is 0.246 e. The van der Waals surface area contributed by atoms with E-state index in [-0.39, 0.29) is 5.91 Å². The molecule has 18 heavy (non-hydrogen) atoms. The largest absolute Gasteiger partial charge is 0.338 e. The summed E-state index contributed by atoms with van der Waals surface area (Å²) in [6, 6.07) is 6.08. The Kier molecular flexibility index (Phi) is 4.47. The van der Waals surface area contributed by atoms with Crippen LogP contribution in [0, 0.1) is 0 Å². The molecule has 1 fully saturated rings. The van der Waals surface area contributed by atoms with Gasteiger partial charge in [0.15, 0.2) is 0 Å². The lowest BCUT2D eigenvalue weighted by Crippen LogP contribution is -2.46. The molecule has 0 aromatic carbocycles. The molecule has 1 atom stereocenters. The maximum absolute atomic E-state index is 12.0. The zero-order valence-electron chi connectivity index (χ0n) is 10.7. The highest BCUT2D eigenvalue weighted by Gasteiger charge is 2.20. The topological polar surface area (TPSA) is 45.2 Å². The number of likely N-dealkylation sites (tertiary alicyclic amines) is 1. The molecular weight excluding hydrogens is 226 g/mol. The molecule has 1 saturated heterocycles. The number of carbonyl (C=O) groups excluding carboxylic acids is 1. The molecule has 4 heteroatoms. The predicted molar refractivity (Wildman–Crippen MR) is 71.9 cm³/mol. The Bertz CT molecular complexity index is 416. The number of nitrogens with one attached hydrogen (secondary N) is 1. The van der Waals surface area contributed by atoms with Crippen molar-refractivity contribution in [3.05, 3.63) is 36.2 Å². The first-order valence-corrected chi connectivity index (χ1v) is 6.35. The molecule has 1 unspecified atom stereocenters. The van der Waals surface area contributed by atoms with Crippen LogP contribution in [-0.2, 0) is 4.79 Å². The summed E-state index contributed by atoms with van der Waals surface area (Å²) in [6.07, 6.45) is 7.31. The Morgan fingerprint density at radius 1 is 1.56 bits per heavy atom. The van der Waals surface area contributed by atoms with Crippen LogP contribution < -0.4 is 5.32 Å². The van der Waals surface area contributed by atoms with Crippen LogP contribution in [0.1, 0.15) is 18.5 Å². The van der Waals surface area contributed by atoms with Crippen molar-refractivity contribution in [3.8, 4) is 0 Å². The summed E-state index contributed by atoms with van der Waals surface area (Å²) in [6.45, 7) is 1.64. The molecule has 2 rings (SSSR count). The zero-order chi connectivity index (χ0) is 12.8. The minimum atomic E-state index is 0.0700. The van der Waals surface area contributed by atoms with Gasteiger partial charge in [-0.1, -0.05) is 6.07 Å². The summed E-state index contributed by atoms with van der Waals surface area (Å²) in [5.74, 6) is 0.0700. The zero-order valence-corrected chi connectivity index (χ0v) is 10.7. The van der Waals surface area contributed by atoms with Gasteiger partial charge in [-0.25, -0.2) is 0 Å². The first kappa shape index (κ1) is 12.8. The molecule has 0 aliphatic carbocycles. The van der Waals surface area contributed by atoms with E-state index in [1.54, 1.807) is 18.3 Å². The van der Waals surface area contributed by atoms with E-state index < -0.39 is 0 Å². The van der Waals surface area contributed by atoms with Crippen molar-refractivity contribution >= 4 is 12.0 Å². The summed E-state index contributed by atoms with van der Waals surface area (Å²) in [4.78, 5) is 18.1. The number of nitrogens with zero attached hydrogens (tertiary/aromatic N) is 2. The molecule has 4 nitrogen and oxygen atoms in total. The van der Waals surface area contributed by atoms with Gasteiger partial charge < -0.3 is 10.2 Å². The van der Waals surface area contributed by atoms with Crippen molar-refractivity contribution in [1.82, 2.24) is 15.2 Å². The van der Waals surface area contributed by atoms with Gasteiger partial charge >= 0.3 is 0 Å². The Labute approximate surface area is 108 Å². The fraction of sp³-hybridized carbons (Fsp3) is 0.429. The van der Waals surface area contributed by atoms with E-state index in [2.05, 4.69) is 10.3 Å². The number of amides is 1. The van der Waals surface area contributed by atoms with Crippen molar-refractivity contribution in [2.75, 3.05) is 20.1 Å². The monoisotopic (exact) mass is 245 g/mol. The SMILES string of the molecule is CNC1CCCN(C(=O)/C=C/c2ccccn2)C1. The lowest BCUT2D eigenvalue weighted by molar-refractivity contribution is -0.127. The second kappa shape index (κ2) is 6.31. The Balaban J connectivity index is 1.93. The number of aromatic nitrogens is 1.